The van der Waals surface area contributed by atoms with Crippen LogP contribution in [0.4, 0.5) is 24.7 Å². The molecule has 2 aromatic carbocycles. The van der Waals surface area contributed by atoms with Gasteiger partial charge in [-0.2, -0.15) is 0 Å². The summed E-state index contributed by atoms with van der Waals surface area (Å²) in [5, 5.41) is 3.66. The second kappa shape index (κ2) is 8.40. The molecule has 0 radical (unpaired) electrons. The number of fused-ring (bicyclic) bond motifs is 2. The van der Waals surface area contributed by atoms with E-state index in [1.807, 2.05) is 4.90 Å². The van der Waals surface area contributed by atoms with Crippen molar-refractivity contribution in [1.82, 2.24) is 14.9 Å². The number of likely N-dealkylation sites (tertiary alicyclic amines) is 1. The summed E-state index contributed by atoms with van der Waals surface area (Å²) in [4.78, 5) is 10.5. The Morgan fingerprint density at radius 2 is 1.97 bits per heavy atom. The van der Waals surface area contributed by atoms with Crippen LogP contribution in [0.5, 0.6) is 11.5 Å². The lowest BCUT2D eigenvalue weighted by Gasteiger charge is -2.35. The zero-order valence-corrected chi connectivity index (χ0v) is 18.5. The third-order valence-electron chi connectivity index (χ3n) is 5.67. The maximum absolute atomic E-state index is 14.4. The van der Waals surface area contributed by atoms with Gasteiger partial charge in [0.25, 0.3) is 5.92 Å². The highest BCUT2D eigenvalue weighted by Crippen LogP contribution is 2.38. The minimum Gasteiger partial charge on any atom is -0.486 e. The van der Waals surface area contributed by atoms with Crippen molar-refractivity contribution >= 4 is 38.3 Å². The van der Waals surface area contributed by atoms with E-state index in [1.165, 1.54) is 6.33 Å². The normalized spacial score (nSPS) is 20.3. The van der Waals surface area contributed by atoms with Gasteiger partial charge in [-0.25, -0.2) is 23.1 Å². The quantitative estimate of drug-likeness (QED) is 0.526. The number of hydrogen-bond donors (Lipinski definition) is 1. The average Bonchev–Trinajstić information content (AvgIpc) is 2.77. The highest BCUT2D eigenvalue weighted by atomic mass is 79.9. The van der Waals surface area contributed by atoms with Gasteiger partial charge in [-0.1, -0.05) is 6.07 Å². The molecule has 6 nitrogen and oxygen atoms in total. The van der Waals surface area contributed by atoms with Crippen molar-refractivity contribution in [2.45, 2.75) is 24.9 Å². The molecule has 32 heavy (non-hydrogen) atoms. The third kappa shape index (κ3) is 4.33. The maximum Gasteiger partial charge on any atom is 0.250 e. The van der Waals surface area contributed by atoms with E-state index in [-0.39, 0.29) is 24.6 Å². The van der Waals surface area contributed by atoms with Crippen LogP contribution < -0.4 is 14.8 Å². The molecule has 1 aromatic heterocycles. The topological polar surface area (TPSA) is 59.5 Å². The van der Waals surface area contributed by atoms with Crippen LogP contribution in [0, 0.1) is 5.82 Å². The van der Waals surface area contributed by atoms with Gasteiger partial charge in [-0.3, -0.25) is 4.90 Å². The first-order chi connectivity index (χ1) is 15.4. The van der Waals surface area contributed by atoms with Crippen LogP contribution in [0.2, 0.25) is 0 Å². The van der Waals surface area contributed by atoms with E-state index in [4.69, 9.17) is 9.47 Å². The number of nitrogens with one attached hydrogen (secondary N) is 1. The number of piperidine rings is 1. The number of nitrogens with zero attached hydrogens (tertiary/aromatic N) is 3. The van der Waals surface area contributed by atoms with Crippen LogP contribution in [0.25, 0.3) is 10.9 Å². The molecule has 5 rings (SSSR count). The van der Waals surface area contributed by atoms with Gasteiger partial charge in [-0.15, -0.1) is 0 Å². The number of aromatic nitrogens is 2. The van der Waals surface area contributed by atoms with Gasteiger partial charge in [0.05, 0.1) is 15.7 Å². The molecule has 1 unspecified atom stereocenters. The van der Waals surface area contributed by atoms with Crippen LogP contribution in [-0.2, 0) is 0 Å². The lowest BCUT2D eigenvalue weighted by atomic mass is 10.1. The number of rotatable bonds is 4. The summed E-state index contributed by atoms with van der Waals surface area (Å²) in [5.74, 6) is -1.51. The molecule has 1 atom stereocenters. The summed E-state index contributed by atoms with van der Waals surface area (Å²) < 4.78 is 53.6. The summed E-state index contributed by atoms with van der Waals surface area (Å²) in [7, 11) is 0. The molecule has 1 saturated heterocycles. The van der Waals surface area contributed by atoms with Crippen LogP contribution in [-0.4, -0.2) is 53.1 Å². The summed E-state index contributed by atoms with van der Waals surface area (Å²) in [5.41, 5.74) is 0.894. The summed E-state index contributed by atoms with van der Waals surface area (Å²) in [6.07, 6.45) is 0.835. The SMILES string of the molecule is Fc1c(Br)cccc1Nc1ncnc2cc3c(cc12)OC(CN1CCC(F)(F)CC1)CO3. The van der Waals surface area contributed by atoms with E-state index in [0.717, 1.165) is 0 Å². The largest absolute Gasteiger partial charge is 0.486 e. The summed E-state index contributed by atoms with van der Waals surface area (Å²) >= 11 is 3.18. The van der Waals surface area contributed by atoms with Crippen LogP contribution in [0.3, 0.4) is 0 Å². The van der Waals surface area contributed by atoms with Crippen molar-refractivity contribution in [1.29, 1.82) is 0 Å². The molecule has 3 heterocycles. The highest BCUT2D eigenvalue weighted by molar-refractivity contribution is 9.10. The second-order valence-corrected chi connectivity index (χ2v) is 8.83. The summed E-state index contributed by atoms with van der Waals surface area (Å²) in [6.45, 7) is 1.49. The number of anilines is 2. The van der Waals surface area contributed by atoms with Gasteiger partial charge >= 0.3 is 0 Å². The highest BCUT2D eigenvalue weighted by Gasteiger charge is 2.35. The fourth-order valence-electron chi connectivity index (χ4n) is 3.93. The molecule has 0 amide bonds. The molecule has 0 saturated carbocycles. The lowest BCUT2D eigenvalue weighted by Crippen LogP contribution is -2.46. The first kappa shape index (κ1) is 21.3. The molecular weight excluding hydrogens is 489 g/mol. The molecular formula is C22H20BrF3N4O2. The van der Waals surface area contributed by atoms with Gasteiger partial charge in [0.1, 0.15) is 24.9 Å². The van der Waals surface area contributed by atoms with E-state index in [1.54, 1.807) is 30.3 Å². The molecule has 0 bridgehead atoms. The Balaban J connectivity index is 1.37. The van der Waals surface area contributed by atoms with Crippen molar-refractivity contribution in [2.24, 2.45) is 0 Å². The maximum atomic E-state index is 14.4. The number of halogens is 4. The van der Waals surface area contributed by atoms with E-state index < -0.39 is 11.7 Å². The predicted molar refractivity (Wildman–Crippen MR) is 117 cm³/mol. The van der Waals surface area contributed by atoms with Crippen LogP contribution >= 0.6 is 15.9 Å². The number of ether oxygens (including phenoxy) is 2. The Bertz CT molecular complexity index is 1150. The first-order valence-corrected chi connectivity index (χ1v) is 11.1. The Hall–Kier alpha value is -2.59. The Morgan fingerprint density at radius 3 is 2.78 bits per heavy atom. The molecule has 0 spiro atoms. The van der Waals surface area contributed by atoms with E-state index in [9.17, 15) is 13.2 Å². The van der Waals surface area contributed by atoms with Gasteiger partial charge < -0.3 is 14.8 Å². The zero-order chi connectivity index (χ0) is 22.3. The predicted octanol–water partition coefficient (Wildman–Crippen LogP) is 5.15. The Kier molecular flexibility index (Phi) is 5.58. The second-order valence-electron chi connectivity index (χ2n) is 7.97. The minimum absolute atomic E-state index is 0.139. The average molecular weight is 509 g/mol. The van der Waals surface area contributed by atoms with Gasteiger partial charge in [0.2, 0.25) is 0 Å². The van der Waals surface area contributed by atoms with Gasteiger partial charge in [-0.05, 0) is 34.1 Å². The van der Waals surface area contributed by atoms with E-state index in [0.29, 0.717) is 58.9 Å². The van der Waals surface area contributed by atoms with Crippen LogP contribution in [0.1, 0.15) is 12.8 Å². The van der Waals surface area contributed by atoms with Crippen LogP contribution in [0.15, 0.2) is 41.1 Å². The smallest absolute Gasteiger partial charge is 0.250 e. The van der Waals surface area contributed by atoms with Crippen molar-refractivity contribution < 1.29 is 22.6 Å². The monoisotopic (exact) mass is 508 g/mol. The van der Waals surface area contributed by atoms with E-state index >= 15 is 0 Å². The molecule has 2 aliphatic rings. The van der Waals surface area contributed by atoms with Crippen molar-refractivity contribution in [3.63, 3.8) is 0 Å². The van der Waals surface area contributed by atoms with E-state index in [2.05, 4.69) is 31.2 Å². The molecule has 3 aromatic rings. The molecule has 2 aliphatic heterocycles. The summed E-state index contributed by atoms with van der Waals surface area (Å²) in [6, 6.07) is 8.47. The lowest BCUT2D eigenvalue weighted by molar-refractivity contribution is -0.0627. The molecule has 168 valence electrons. The minimum atomic E-state index is -2.58. The van der Waals surface area contributed by atoms with Crippen molar-refractivity contribution in [2.75, 3.05) is 31.6 Å². The van der Waals surface area contributed by atoms with Gasteiger partial charge in [0, 0.05) is 43.9 Å². The third-order valence-corrected chi connectivity index (χ3v) is 6.29. The Morgan fingerprint density at radius 1 is 1.16 bits per heavy atom. The number of alkyl halides is 2. The number of hydrogen-bond acceptors (Lipinski definition) is 6. The molecule has 1 N–H and O–H groups in total. The standard InChI is InChI=1S/C22H20BrF3N4O2/c23-15-2-1-3-16(20(15)24)29-21-14-8-19-18(9-17(14)27-12-28-21)31-11-13(32-19)10-30-6-4-22(25,26)5-7-30/h1-3,8-9,12-13H,4-7,10-11H2,(H,27,28,29). The van der Waals surface area contributed by atoms with Crippen molar-refractivity contribution in [3.8, 4) is 11.5 Å². The number of benzene rings is 2. The fraction of sp³-hybridized carbons (Fsp3) is 0.364. The van der Waals surface area contributed by atoms with Gasteiger partial charge in [0.15, 0.2) is 17.3 Å². The Labute approximate surface area is 190 Å². The molecule has 1 fully saturated rings. The first-order valence-electron chi connectivity index (χ1n) is 10.3. The zero-order valence-electron chi connectivity index (χ0n) is 17.0. The fourth-order valence-corrected chi connectivity index (χ4v) is 4.30. The molecule has 0 aliphatic carbocycles. The van der Waals surface area contributed by atoms with Crippen molar-refractivity contribution in [3.05, 3.63) is 46.9 Å². The molecule has 10 heteroatoms.